The van der Waals surface area contributed by atoms with E-state index in [9.17, 15) is 22.2 Å². The zero-order chi connectivity index (χ0) is 18.8. The van der Waals surface area contributed by atoms with Gasteiger partial charge in [0, 0.05) is 26.9 Å². The van der Waals surface area contributed by atoms with Gasteiger partial charge in [0.2, 0.25) is 0 Å². The van der Waals surface area contributed by atoms with Crippen LogP contribution in [0.25, 0.3) is 0 Å². The molecule has 0 spiro atoms. The fraction of sp³-hybridized carbons (Fsp3) is 0.588. The molecule has 1 aromatic rings. The minimum atomic E-state index is -4.04. The second-order valence-electron chi connectivity index (χ2n) is 6.71. The van der Waals surface area contributed by atoms with Gasteiger partial charge in [-0.25, -0.2) is 9.18 Å². The molecule has 0 aromatic heterocycles. The lowest BCUT2D eigenvalue weighted by atomic mass is 9.78. The fourth-order valence-electron chi connectivity index (χ4n) is 2.17. The van der Waals surface area contributed by atoms with Gasteiger partial charge in [-0.15, -0.1) is 0 Å². The lowest BCUT2D eigenvalue weighted by Gasteiger charge is -2.37. The molecule has 1 rings (SSSR count). The maximum atomic E-state index is 14.9. The van der Waals surface area contributed by atoms with Crippen molar-refractivity contribution in [2.75, 3.05) is 12.4 Å². The van der Waals surface area contributed by atoms with Crippen molar-refractivity contribution in [2.45, 2.75) is 50.7 Å². The number of carbonyl (C=O) groups excluding carboxylic acids is 1. The third-order valence-corrected chi connectivity index (χ3v) is 6.00. The highest BCUT2D eigenvalue weighted by Crippen LogP contribution is 2.43. The third kappa shape index (κ3) is 3.99. The summed E-state index contributed by atoms with van der Waals surface area (Å²) in [5.74, 6) is -7.24. The van der Waals surface area contributed by atoms with E-state index in [0.29, 0.717) is 0 Å². The van der Waals surface area contributed by atoms with Gasteiger partial charge in [0.25, 0.3) is 0 Å². The molecule has 0 aliphatic carbocycles. The Morgan fingerprint density at radius 1 is 1.17 bits per heavy atom. The van der Waals surface area contributed by atoms with Crippen LogP contribution >= 0.6 is 0 Å². The molecule has 0 aliphatic rings. The first-order valence-electron chi connectivity index (χ1n) is 7.56. The van der Waals surface area contributed by atoms with E-state index in [2.05, 4.69) is 4.74 Å². The SMILES string of the molecule is CCOC(=O)C(F)(F)[C@](C)(C[S@@](=O)C(C)(C)C)c1ccccc1F. The molecule has 0 unspecified atom stereocenters. The summed E-state index contributed by atoms with van der Waals surface area (Å²) in [5, 5.41) is 0. The van der Waals surface area contributed by atoms with Crippen molar-refractivity contribution in [3.8, 4) is 0 Å². The lowest BCUT2D eigenvalue weighted by molar-refractivity contribution is -0.181. The number of carbonyl (C=O) groups is 1. The van der Waals surface area contributed by atoms with Gasteiger partial charge in [0.05, 0.1) is 12.0 Å². The summed E-state index contributed by atoms with van der Waals surface area (Å²) >= 11 is 0. The van der Waals surface area contributed by atoms with Crippen LogP contribution in [0.5, 0.6) is 0 Å². The quantitative estimate of drug-likeness (QED) is 0.721. The summed E-state index contributed by atoms with van der Waals surface area (Å²) in [6, 6.07) is 4.98. The van der Waals surface area contributed by atoms with Crippen molar-refractivity contribution < 1.29 is 26.9 Å². The first-order valence-corrected chi connectivity index (χ1v) is 8.88. The molecule has 0 radical (unpaired) electrons. The Morgan fingerprint density at radius 2 is 1.71 bits per heavy atom. The average molecular weight is 364 g/mol. The van der Waals surface area contributed by atoms with Crippen LogP contribution in [0, 0.1) is 5.82 Å². The number of esters is 1. The van der Waals surface area contributed by atoms with E-state index in [1.54, 1.807) is 20.8 Å². The largest absolute Gasteiger partial charge is 0.462 e. The first kappa shape index (κ1) is 20.7. The minimum absolute atomic E-state index is 0.232. The zero-order valence-electron chi connectivity index (χ0n) is 14.5. The number of hydrogen-bond acceptors (Lipinski definition) is 3. The van der Waals surface area contributed by atoms with Gasteiger partial charge in [-0.2, -0.15) is 8.78 Å². The van der Waals surface area contributed by atoms with Crippen molar-refractivity contribution in [1.29, 1.82) is 0 Å². The van der Waals surface area contributed by atoms with Crippen LogP contribution in [0.2, 0.25) is 0 Å². The van der Waals surface area contributed by atoms with Crippen molar-refractivity contribution in [3.05, 3.63) is 35.6 Å². The van der Waals surface area contributed by atoms with Gasteiger partial charge < -0.3 is 4.74 Å². The zero-order valence-corrected chi connectivity index (χ0v) is 15.3. The fourth-order valence-corrected chi connectivity index (χ4v) is 3.47. The van der Waals surface area contributed by atoms with Gasteiger partial charge in [0.1, 0.15) is 5.82 Å². The number of hydrogen-bond donors (Lipinski definition) is 0. The molecule has 2 atom stereocenters. The van der Waals surface area contributed by atoms with E-state index in [1.165, 1.54) is 25.1 Å². The minimum Gasteiger partial charge on any atom is -0.462 e. The number of halogens is 3. The van der Waals surface area contributed by atoms with Crippen LogP contribution in [0.1, 0.15) is 40.2 Å². The van der Waals surface area contributed by atoms with Gasteiger partial charge >= 0.3 is 11.9 Å². The number of ether oxygens (including phenoxy) is 1. The topological polar surface area (TPSA) is 43.4 Å². The molecule has 0 fully saturated rings. The average Bonchev–Trinajstić information content (AvgIpc) is 2.46. The van der Waals surface area contributed by atoms with Crippen molar-refractivity contribution in [2.24, 2.45) is 0 Å². The standard InChI is InChI=1S/C17H23F3O3S/c1-6-23-14(21)17(19,20)16(5,11-24(22)15(2,3)4)12-9-7-8-10-13(12)18/h7-10H,6,11H2,1-5H3/t16-,24-/m1/s1. The van der Waals surface area contributed by atoms with E-state index in [0.717, 1.165) is 13.0 Å². The Labute approximate surface area is 143 Å². The Hall–Kier alpha value is -1.37. The highest BCUT2D eigenvalue weighted by molar-refractivity contribution is 7.86. The molecule has 24 heavy (non-hydrogen) atoms. The van der Waals surface area contributed by atoms with E-state index in [-0.39, 0.29) is 12.2 Å². The highest BCUT2D eigenvalue weighted by Gasteiger charge is 2.60. The van der Waals surface area contributed by atoms with Crippen molar-refractivity contribution in [1.82, 2.24) is 0 Å². The van der Waals surface area contributed by atoms with Crippen LogP contribution in [0.3, 0.4) is 0 Å². The molecule has 0 amide bonds. The van der Waals surface area contributed by atoms with E-state index < -0.39 is 44.4 Å². The van der Waals surface area contributed by atoms with E-state index in [4.69, 9.17) is 0 Å². The molecule has 0 bridgehead atoms. The second kappa shape index (κ2) is 7.25. The molecule has 0 heterocycles. The molecular weight excluding hydrogens is 341 g/mol. The van der Waals surface area contributed by atoms with Crippen LogP contribution in [-0.2, 0) is 25.7 Å². The Kier molecular flexibility index (Phi) is 6.25. The molecule has 0 saturated heterocycles. The maximum absolute atomic E-state index is 14.9. The van der Waals surface area contributed by atoms with Gasteiger partial charge in [-0.1, -0.05) is 18.2 Å². The van der Waals surface area contributed by atoms with Crippen LogP contribution in [0.4, 0.5) is 13.2 Å². The lowest BCUT2D eigenvalue weighted by Crippen LogP contribution is -2.54. The van der Waals surface area contributed by atoms with Gasteiger partial charge in [0.15, 0.2) is 0 Å². The van der Waals surface area contributed by atoms with Crippen LogP contribution in [0.15, 0.2) is 24.3 Å². The number of benzene rings is 1. The smallest absolute Gasteiger partial charge is 0.377 e. The molecule has 0 N–H and O–H groups in total. The highest BCUT2D eigenvalue weighted by atomic mass is 32.2. The Bertz CT molecular complexity index is 626. The van der Waals surface area contributed by atoms with E-state index >= 15 is 0 Å². The number of alkyl halides is 2. The molecule has 0 saturated carbocycles. The van der Waals surface area contributed by atoms with Crippen LogP contribution < -0.4 is 0 Å². The normalized spacial score (nSPS) is 16.3. The summed E-state index contributed by atoms with van der Waals surface area (Å²) in [5.41, 5.74) is -2.66. The first-order chi connectivity index (χ1) is 10.9. The number of rotatable bonds is 6. The summed E-state index contributed by atoms with van der Waals surface area (Å²) in [4.78, 5) is 11.8. The third-order valence-electron chi connectivity index (χ3n) is 3.80. The van der Waals surface area contributed by atoms with E-state index in [1.807, 2.05) is 0 Å². The molecule has 1 aromatic carbocycles. The summed E-state index contributed by atoms with van der Waals surface area (Å²) < 4.78 is 60.2. The molecule has 0 aliphatic heterocycles. The van der Waals surface area contributed by atoms with Crippen LogP contribution in [-0.4, -0.2) is 33.2 Å². The van der Waals surface area contributed by atoms with Crippen molar-refractivity contribution >= 4 is 16.8 Å². The second-order valence-corrected chi connectivity index (χ2v) is 8.91. The summed E-state index contributed by atoms with van der Waals surface area (Å²) in [6.45, 7) is 7.12. The predicted octanol–water partition coefficient (Wildman–Crippen LogP) is 3.83. The Balaban J connectivity index is 3.50. The van der Waals surface area contributed by atoms with Gasteiger partial charge in [-0.05, 0) is 40.7 Å². The monoisotopic (exact) mass is 364 g/mol. The maximum Gasteiger partial charge on any atom is 0.377 e. The van der Waals surface area contributed by atoms with Gasteiger partial charge in [-0.3, -0.25) is 4.21 Å². The molecule has 7 heteroatoms. The summed E-state index contributed by atoms with van der Waals surface area (Å²) in [6.07, 6.45) is 0. The Morgan fingerprint density at radius 3 is 2.17 bits per heavy atom. The van der Waals surface area contributed by atoms with Crippen molar-refractivity contribution in [3.63, 3.8) is 0 Å². The molecule has 3 nitrogen and oxygen atoms in total. The predicted molar refractivity (Wildman–Crippen MR) is 88.1 cm³/mol. The molecule has 136 valence electrons. The molecular formula is C17H23F3O3S. The summed E-state index contributed by atoms with van der Waals surface area (Å²) in [7, 11) is -1.74.